The molecule has 1 N–H and O–H groups in total. The maximum Gasteiger partial charge on any atom is 0.257 e. The van der Waals surface area contributed by atoms with Gasteiger partial charge in [0.05, 0.1) is 12.7 Å². The number of carbonyl (C=O) groups is 1. The lowest BCUT2D eigenvalue weighted by Crippen LogP contribution is -2.49. The number of benzene rings is 1. The van der Waals surface area contributed by atoms with Crippen molar-refractivity contribution in [2.45, 2.75) is 13.8 Å². The highest BCUT2D eigenvalue weighted by atomic mass is 19.2. The van der Waals surface area contributed by atoms with Gasteiger partial charge in [-0.3, -0.25) is 4.79 Å². The average molecular weight is 409 g/mol. The second kappa shape index (κ2) is 8.54. The van der Waals surface area contributed by atoms with Crippen LogP contribution < -0.4 is 15.0 Å². The highest BCUT2D eigenvalue weighted by Crippen LogP contribution is 2.28. The number of amides is 1. The molecule has 3 rings (SSSR count). The smallest absolute Gasteiger partial charge is 0.257 e. The summed E-state index contributed by atoms with van der Waals surface area (Å²) < 4.78 is 46.3. The topological polar surface area (TPSA) is 70.6 Å². The van der Waals surface area contributed by atoms with Crippen LogP contribution in [-0.2, 0) is 0 Å². The summed E-state index contributed by atoms with van der Waals surface area (Å²) in [6.07, 6.45) is 0. The molecule has 1 aromatic carbocycles. The quantitative estimate of drug-likeness (QED) is 0.766. The summed E-state index contributed by atoms with van der Waals surface area (Å²) in [5.74, 6) is -4.37. The molecule has 1 aromatic heterocycles. The molecule has 0 unspecified atom stereocenters. The molecule has 7 nitrogen and oxygen atoms in total. The number of aryl methyl sites for hydroxylation is 1. The lowest BCUT2D eigenvalue weighted by molar-refractivity contribution is 0.0740. The van der Waals surface area contributed by atoms with Crippen LogP contribution >= 0.6 is 0 Å². The van der Waals surface area contributed by atoms with Crippen molar-refractivity contribution in [3.63, 3.8) is 0 Å². The molecule has 1 saturated heterocycles. The van der Waals surface area contributed by atoms with Gasteiger partial charge in [0, 0.05) is 44.5 Å². The second-order valence-electron chi connectivity index (χ2n) is 6.57. The molecule has 29 heavy (non-hydrogen) atoms. The largest absolute Gasteiger partial charge is 0.491 e. The van der Waals surface area contributed by atoms with E-state index in [0.29, 0.717) is 31.6 Å². The number of halogens is 3. The van der Waals surface area contributed by atoms with Gasteiger partial charge in [-0.15, -0.1) is 0 Å². The van der Waals surface area contributed by atoms with Gasteiger partial charge < -0.3 is 19.9 Å². The standard InChI is InChI=1S/C19H22F3N5O2/c1-4-23-19-24-11(2)9-14(25-19)26-5-7-27(8-6-26)18(28)12-10-13(20)16(22)17(29-3)15(12)21/h9-10H,4-8H2,1-3H3,(H,23,24,25). The van der Waals surface area contributed by atoms with E-state index in [4.69, 9.17) is 0 Å². The Balaban J connectivity index is 1.75. The summed E-state index contributed by atoms with van der Waals surface area (Å²) in [6, 6.07) is 2.41. The number of hydrogen-bond acceptors (Lipinski definition) is 6. The van der Waals surface area contributed by atoms with E-state index in [0.717, 1.165) is 18.6 Å². The molecule has 1 fully saturated rings. The molecule has 0 radical (unpaired) electrons. The fourth-order valence-corrected chi connectivity index (χ4v) is 3.18. The molecule has 156 valence electrons. The molecule has 1 aliphatic rings. The van der Waals surface area contributed by atoms with Crippen molar-refractivity contribution >= 4 is 17.7 Å². The molecule has 2 heterocycles. The van der Waals surface area contributed by atoms with Gasteiger partial charge in [0.25, 0.3) is 5.91 Å². The molecular formula is C19H22F3N5O2. The van der Waals surface area contributed by atoms with Gasteiger partial charge >= 0.3 is 0 Å². The van der Waals surface area contributed by atoms with E-state index in [9.17, 15) is 18.0 Å². The van der Waals surface area contributed by atoms with Crippen molar-refractivity contribution in [1.82, 2.24) is 14.9 Å². The van der Waals surface area contributed by atoms with Crippen molar-refractivity contribution in [3.8, 4) is 5.75 Å². The molecule has 1 amide bonds. The number of anilines is 2. The van der Waals surface area contributed by atoms with Gasteiger partial charge in [-0.05, 0) is 19.9 Å². The minimum atomic E-state index is -1.46. The first-order valence-corrected chi connectivity index (χ1v) is 9.21. The molecule has 0 bridgehead atoms. The van der Waals surface area contributed by atoms with Crippen LogP contribution in [0.25, 0.3) is 0 Å². The summed E-state index contributed by atoms with van der Waals surface area (Å²) in [4.78, 5) is 24.8. The minimum absolute atomic E-state index is 0.277. The average Bonchev–Trinajstić information content (AvgIpc) is 2.70. The fraction of sp³-hybridized carbons (Fsp3) is 0.421. The van der Waals surface area contributed by atoms with Crippen molar-refractivity contribution in [2.75, 3.05) is 50.1 Å². The Labute approximate surface area is 166 Å². The van der Waals surface area contributed by atoms with Crippen LogP contribution in [-0.4, -0.2) is 60.6 Å². The van der Waals surface area contributed by atoms with Gasteiger partial charge in [-0.2, -0.15) is 9.37 Å². The molecule has 1 aliphatic heterocycles. The van der Waals surface area contributed by atoms with Crippen molar-refractivity contribution in [2.24, 2.45) is 0 Å². The van der Waals surface area contributed by atoms with E-state index < -0.39 is 34.7 Å². The first-order valence-electron chi connectivity index (χ1n) is 9.21. The first-order chi connectivity index (χ1) is 13.8. The number of aromatic nitrogens is 2. The zero-order valence-corrected chi connectivity index (χ0v) is 16.4. The summed E-state index contributed by atoms with van der Waals surface area (Å²) >= 11 is 0. The van der Waals surface area contributed by atoms with E-state index in [1.807, 2.05) is 24.8 Å². The second-order valence-corrected chi connectivity index (χ2v) is 6.57. The molecule has 0 spiro atoms. The van der Waals surface area contributed by atoms with E-state index in [-0.39, 0.29) is 13.1 Å². The molecule has 0 saturated carbocycles. The lowest BCUT2D eigenvalue weighted by atomic mass is 10.1. The maximum atomic E-state index is 14.4. The molecule has 10 heteroatoms. The van der Waals surface area contributed by atoms with Crippen LogP contribution in [0.5, 0.6) is 5.75 Å². The normalized spacial score (nSPS) is 14.1. The summed E-state index contributed by atoms with van der Waals surface area (Å²) in [5.41, 5.74) is 0.252. The fourth-order valence-electron chi connectivity index (χ4n) is 3.18. The number of methoxy groups -OCH3 is 1. The maximum absolute atomic E-state index is 14.4. The van der Waals surface area contributed by atoms with Crippen LogP contribution in [0.1, 0.15) is 23.0 Å². The third-order valence-electron chi connectivity index (χ3n) is 4.62. The number of carbonyl (C=O) groups excluding carboxylic acids is 1. The van der Waals surface area contributed by atoms with Crippen molar-refractivity contribution in [1.29, 1.82) is 0 Å². The zero-order chi connectivity index (χ0) is 21.1. The predicted octanol–water partition coefficient (Wildman–Crippen LogP) is 2.61. The molecular weight excluding hydrogens is 387 g/mol. The van der Waals surface area contributed by atoms with Gasteiger partial charge in [-0.25, -0.2) is 13.8 Å². The zero-order valence-electron chi connectivity index (χ0n) is 16.4. The van der Waals surface area contributed by atoms with Crippen LogP contribution in [0.3, 0.4) is 0 Å². The Morgan fingerprint density at radius 1 is 1.14 bits per heavy atom. The monoisotopic (exact) mass is 409 g/mol. The van der Waals surface area contributed by atoms with E-state index in [2.05, 4.69) is 20.0 Å². The van der Waals surface area contributed by atoms with Gasteiger partial charge in [-0.1, -0.05) is 0 Å². The minimum Gasteiger partial charge on any atom is -0.491 e. The number of ether oxygens (including phenoxy) is 1. The van der Waals surface area contributed by atoms with Gasteiger partial charge in [0.15, 0.2) is 17.4 Å². The number of nitrogens with one attached hydrogen (secondary N) is 1. The van der Waals surface area contributed by atoms with Crippen molar-refractivity contribution < 1.29 is 22.7 Å². The van der Waals surface area contributed by atoms with E-state index in [1.54, 1.807) is 0 Å². The van der Waals surface area contributed by atoms with Crippen LogP contribution in [0.2, 0.25) is 0 Å². The summed E-state index contributed by atoms with van der Waals surface area (Å²) in [7, 11) is 1.01. The number of rotatable bonds is 5. The predicted molar refractivity (Wildman–Crippen MR) is 102 cm³/mol. The highest BCUT2D eigenvalue weighted by molar-refractivity contribution is 5.95. The Kier molecular flexibility index (Phi) is 6.09. The molecule has 0 atom stereocenters. The number of piperazine rings is 1. The van der Waals surface area contributed by atoms with Gasteiger partial charge in [0.2, 0.25) is 11.8 Å². The number of nitrogens with zero attached hydrogens (tertiary/aromatic N) is 4. The summed E-state index contributed by atoms with van der Waals surface area (Å²) in [5, 5.41) is 3.07. The Morgan fingerprint density at radius 2 is 1.83 bits per heavy atom. The Hall–Kier alpha value is -3.04. The lowest BCUT2D eigenvalue weighted by Gasteiger charge is -2.35. The third kappa shape index (κ3) is 4.20. The summed E-state index contributed by atoms with van der Waals surface area (Å²) in [6.45, 7) is 5.96. The Bertz CT molecular complexity index is 917. The van der Waals surface area contributed by atoms with Crippen molar-refractivity contribution in [3.05, 3.63) is 40.8 Å². The van der Waals surface area contributed by atoms with E-state index >= 15 is 0 Å². The highest BCUT2D eigenvalue weighted by Gasteiger charge is 2.29. The molecule has 0 aliphatic carbocycles. The van der Waals surface area contributed by atoms with Crippen LogP contribution in [0.15, 0.2) is 12.1 Å². The van der Waals surface area contributed by atoms with Crippen LogP contribution in [0.4, 0.5) is 24.9 Å². The van der Waals surface area contributed by atoms with E-state index in [1.165, 1.54) is 4.90 Å². The van der Waals surface area contributed by atoms with Gasteiger partial charge in [0.1, 0.15) is 5.82 Å². The molecule has 2 aromatic rings. The number of hydrogen-bond donors (Lipinski definition) is 1. The first kappa shape index (κ1) is 20.7. The SMILES string of the molecule is CCNc1nc(C)cc(N2CCN(C(=O)c3cc(F)c(F)c(OC)c3F)CC2)n1. The van der Waals surface area contributed by atoms with Crippen LogP contribution in [0, 0.1) is 24.4 Å². The Morgan fingerprint density at radius 3 is 2.45 bits per heavy atom. The third-order valence-corrected chi connectivity index (χ3v) is 4.62.